The lowest BCUT2D eigenvalue weighted by atomic mass is 9.83. The number of hydrogen-bond donors (Lipinski definition) is 1. The Kier molecular flexibility index (Phi) is 3.99. The van der Waals surface area contributed by atoms with Crippen LogP contribution >= 0.6 is 0 Å². The fourth-order valence-electron chi connectivity index (χ4n) is 2.23. The largest absolute Gasteiger partial charge is 0.324 e. The predicted molar refractivity (Wildman–Crippen MR) is 79.0 cm³/mol. The highest BCUT2D eigenvalue weighted by molar-refractivity contribution is 6.04. The Morgan fingerprint density at radius 1 is 1.30 bits per heavy atom. The topological polar surface area (TPSA) is 65.8 Å². The molecule has 102 valence electrons. The van der Waals surface area contributed by atoms with E-state index in [1.165, 1.54) is 0 Å². The summed E-state index contributed by atoms with van der Waals surface area (Å²) in [6, 6.07) is 11.5. The van der Waals surface area contributed by atoms with Gasteiger partial charge >= 0.3 is 0 Å². The SMILES string of the molecule is CCC(C#N)(CC)C(=O)Nc1cccc2ncccc12. The summed E-state index contributed by atoms with van der Waals surface area (Å²) in [5.41, 5.74) is 0.549. The van der Waals surface area contributed by atoms with Crippen molar-refractivity contribution in [2.45, 2.75) is 26.7 Å². The zero-order chi connectivity index (χ0) is 14.6. The number of carbonyl (C=O) groups is 1. The van der Waals surface area contributed by atoms with Crippen LogP contribution in [0.15, 0.2) is 36.5 Å². The van der Waals surface area contributed by atoms with Crippen LogP contribution in [-0.4, -0.2) is 10.9 Å². The molecular formula is C16H17N3O. The number of aromatic nitrogens is 1. The van der Waals surface area contributed by atoms with Crippen LogP contribution in [0, 0.1) is 16.7 Å². The van der Waals surface area contributed by atoms with Crippen LogP contribution in [0.2, 0.25) is 0 Å². The average molecular weight is 267 g/mol. The van der Waals surface area contributed by atoms with Crippen LogP contribution in [0.3, 0.4) is 0 Å². The van der Waals surface area contributed by atoms with Gasteiger partial charge in [0.1, 0.15) is 5.41 Å². The summed E-state index contributed by atoms with van der Waals surface area (Å²) < 4.78 is 0. The summed E-state index contributed by atoms with van der Waals surface area (Å²) in [5, 5.41) is 13.1. The molecule has 0 aliphatic carbocycles. The molecule has 0 saturated carbocycles. The molecule has 0 saturated heterocycles. The van der Waals surface area contributed by atoms with Gasteiger partial charge in [0.05, 0.1) is 17.3 Å². The van der Waals surface area contributed by atoms with Gasteiger partial charge in [0.2, 0.25) is 5.91 Å². The molecule has 4 heteroatoms. The first-order valence-corrected chi connectivity index (χ1v) is 6.73. The van der Waals surface area contributed by atoms with Gasteiger partial charge in [0.25, 0.3) is 0 Å². The first kappa shape index (κ1) is 14.0. The summed E-state index contributed by atoms with van der Waals surface area (Å²) in [5.74, 6) is -0.249. The van der Waals surface area contributed by atoms with Gasteiger partial charge in [0.15, 0.2) is 0 Å². The minimum Gasteiger partial charge on any atom is -0.324 e. The number of pyridine rings is 1. The van der Waals surface area contributed by atoms with E-state index in [4.69, 9.17) is 0 Å². The highest BCUT2D eigenvalue weighted by Gasteiger charge is 2.35. The molecule has 0 aliphatic rings. The molecule has 2 aromatic rings. The number of fused-ring (bicyclic) bond motifs is 1. The number of amides is 1. The third kappa shape index (κ3) is 2.35. The van der Waals surface area contributed by atoms with E-state index in [0.717, 1.165) is 10.9 Å². The van der Waals surface area contributed by atoms with Gasteiger partial charge in [0, 0.05) is 11.6 Å². The van der Waals surface area contributed by atoms with Crippen molar-refractivity contribution in [1.29, 1.82) is 5.26 Å². The average Bonchev–Trinajstić information content (AvgIpc) is 2.50. The third-order valence-electron chi connectivity index (χ3n) is 3.75. The zero-order valence-corrected chi connectivity index (χ0v) is 11.7. The molecule has 20 heavy (non-hydrogen) atoms. The maximum Gasteiger partial charge on any atom is 0.244 e. The summed E-state index contributed by atoms with van der Waals surface area (Å²) in [4.78, 5) is 16.7. The maximum atomic E-state index is 12.4. The van der Waals surface area contributed by atoms with Gasteiger partial charge in [-0.2, -0.15) is 5.26 Å². The van der Waals surface area contributed by atoms with Gasteiger partial charge in [-0.3, -0.25) is 9.78 Å². The smallest absolute Gasteiger partial charge is 0.244 e. The second-order valence-corrected chi connectivity index (χ2v) is 4.73. The lowest BCUT2D eigenvalue weighted by molar-refractivity contribution is -0.123. The van der Waals surface area contributed by atoms with Crippen molar-refractivity contribution >= 4 is 22.5 Å². The highest BCUT2D eigenvalue weighted by atomic mass is 16.2. The summed E-state index contributed by atoms with van der Waals surface area (Å²) in [6.45, 7) is 3.72. The van der Waals surface area contributed by atoms with Gasteiger partial charge in [-0.05, 0) is 37.1 Å². The molecule has 1 aromatic carbocycles. The number of carbonyl (C=O) groups excluding carboxylic acids is 1. The summed E-state index contributed by atoms with van der Waals surface area (Å²) in [6.07, 6.45) is 2.70. The Hall–Kier alpha value is -2.41. The standard InChI is InChI=1S/C16H17N3O/c1-3-16(4-2,11-17)15(20)19-14-9-5-8-13-12(14)7-6-10-18-13/h5-10H,3-4H2,1-2H3,(H,19,20). The summed E-state index contributed by atoms with van der Waals surface area (Å²) in [7, 11) is 0. The first-order chi connectivity index (χ1) is 9.66. The summed E-state index contributed by atoms with van der Waals surface area (Å²) >= 11 is 0. The molecule has 0 aliphatic heterocycles. The van der Waals surface area contributed by atoms with Crippen molar-refractivity contribution in [3.8, 4) is 6.07 Å². The van der Waals surface area contributed by atoms with E-state index in [9.17, 15) is 10.1 Å². The highest BCUT2D eigenvalue weighted by Crippen LogP contribution is 2.29. The number of benzene rings is 1. The Morgan fingerprint density at radius 2 is 2.05 bits per heavy atom. The molecular weight excluding hydrogens is 250 g/mol. The van der Waals surface area contributed by atoms with Crippen molar-refractivity contribution in [3.05, 3.63) is 36.5 Å². The molecule has 0 fully saturated rings. The van der Waals surface area contributed by atoms with Crippen LogP contribution < -0.4 is 5.32 Å². The minimum absolute atomic E-state index is 0.249. The first-order valence-electron chi connectivity index (χ1n) is 6.73. The third-order valence-corrected chi connectivity index (χ3v) is 3.75. The van der Waals surface area contributed by atoms with Gasteiger partial charge in [-0.1, -0.05) is 19.9 Å². The fraction of sp³-hybridized carbons (Fsp3) is 0.312. The van der Waals surface area contributed by atoms with Crippen LogP contribution in [0.4, 0.5) is 5.69 Å². The quantitative estimate of drug-likeness (QED) is 0.921. The van der Waals surface area contributed by atoms with E-state index in [-0.39, 0.29) is 5.91 Å². The second-order valence-electron chi connectivity index (χ2n) is 4.73. The fourth-order valence-corrected chi connectivity index (χ4v) is 2.23. The van der Waals surface area contributed by atoms with E-state index in [2.05, 4.69) is 16.4 Å². The van der Waals surface area contributed by atoms with Crippen LogP contribution in [0.5, 0.6) is 0 Å². The number of nitrogens with one attached hydrogen (secondary N) is 1. The minimum atomic E-state index is -0.968. The Balaban J connectivity index is 2.38. The number of nitrogens with zero attached hydrogens (tertiary/aromatic N) is 2. The normalized spacial score (nSPS) is 11.1. The van der Waals surface area contributed by atoms with E-state index in [1.54, 1.807) is 6.20 Å². The maximum absolute atomic E-state index is 12.4. The number of nitriles is 1. The molecule has 0 spiro atoms. The number of rotatable bonds is 4. The second kappa shape index (κ2) is 5.70. The Bertz CT molecular complexity index is 663. The molecule has 1 amide bonds. The van der Waals surface area contributed by atoms with Crippen LogP contribution in [0.25, 0.3) is 10.9 Å². The molecule has 4 nitrogen and oxygen atoms in total. The van der Waals surface area contributed by atoms with Crippen LogP contribution in [0.1, 0.15) is 26.7 Å². The molecule has 1 N–H and O–H groups in total. The molecule has 0 unspecified atom stereocenters. The van der Waals surface area contributed by atoms with E-state index >= 15 is 0 Å². The molecule has 2 rings (SSSR count). The van der Waals surface area contributed by atoms with E-state index in [1.807, 2.05) is 44.2 Å². The van der Waals surface area contributed by atoms with Crippen LogP contribution in [-0.2, 0) is 4.79 Å². The lowest BCUT2D eigenvalue weighted by Gasteiger charge is -2.22. The lowest BCUT2D eigenvalue weighted by Crippen LogP contribution is -2.34. The van der Waals surface area contributed by atoms with Gasteiger partial charge < -0.3 is 5.32 Å². The van der Waals surface area contributed by atoms with E-state index in [0.29, 0.717) is 18.5 Å². The molecule has 0 bridgehead atoms. The van der Waals surface area contributed by atoms with Crippen molar-refractivity contribution in [2.24, 2.45) is 5.41 Å². The number of anilines is 1. The van der Waals surface area contributed by atoms with E-state index < -0.39 is 5.41 Å². The molecule has 0 radical (unpaired) electrons. The Morgan fingerprint density at radius 3 is 2.70 bits per heavy atom. The number of hydrogen-bond acceptors (Lipinski definition) is 3. The van der Waals surface area contributed by atoms with Gasteiger partial charge in [-0.25, -0.2) is 0 Å². The predicted octanol–water partition coefficient (Wildman–Crippen LogP) is 3.50. The van der Waals surface area contributed by atoms with Crippen molar-refractivity contribution in [3.63, 3.8) is 0 Å². The monoisotopic (exact) mass is 267 g/mol. The molecule has 0 atom stereocenters. The zero-order valence-electron chi connectivity index (χ0n) is 11.7. The van der Waals surface area contributed by atoms with Crippen molar-refractivity contribution in [1.82, 2.24) is 4.98 Å². The Labute approximate surface area is 118 Å². The van der Waals surface area contributed by atoms with Gasteiger partial charge in [-0.15, -0.1) is 0 Å². The molecule has 1 heterocycles. The van der Waals surface area contributed by atoms with Crippen molar-refractivity contribution < 1.29 is 4.79 Å². The molecule has 1 aromatic heterocycles. The van der Waals surface area contributed by atoms with Crippen molar-refractivity contribution in [2.75, 3.05) is 5.32 Å².